The molecule has 1 aliphatic rings. The molecule has 1 aliphatic carbocycles. The summed E-state index contributed by atoms with van der Waals surface area (Å²) in [6, 6.07) is -0.00120. The van der Waals surface area contributed by atoms with Gasteiger partial charge in [0.2, 0.25) is 0 Å². The summed E-state index contributed by atoms with van der Waals surface area (Å²) in [6.07, 6.45) is 3.79. The minimum atomic E-state index is -0.116. The highest BCUT2D eigenvalue weighted by atomic mass is 16.3. The third-order valence-corrected chi connectivity index (χ3v) is 4.23. The van der Waals surface area contributed by atoms with Crippen molar-refractivity contribution in [2.24, 2.45) is 5.92 Å². The van der Waals surface area contributed by atoms with Crippen LogP contribution in [0, 0.1) is 19.8 Å². The average molecular weight is 279 g/mol. The van der Waals surface area contributed by atoms with E-state index in [1.165, 1.54) is 0 Å². The number of H-pyrrole nitrogens is 1. The van der Waals surface area contributed by atoms with Crippen LogP contribution in [-0.4, -0.2) is 27.7 Å². The van der Waals surface area contributed by atoms with Crippen LogP contribution in [0.2, 0.25) is 0 Å². The highest BCUT2D eigenvalue weighted by molar-refractivity contribution is 5.19. The molecule has 0 radical (unpaired) electrons. The van der Waals surface area contributed by atoms with Crippen molar-refractivity contribution < 1.29 is 5.11 Å². The van der Waals surface area contributed by atoms with Gasteiger partial charge in [0, 0.05) is 11.7 Å². The van der Waals surface area contributed by atoms with E-state index >= 15 is 0 Å². The predicted molar refractivity (Wildman–Crippen MR) is 78.7 cm³/mol. The molecule has 1 heterocycles. The fourth-order valence-electron chi connectivity index (χ4n) is 3.04. The van der Waals surface area contributed by atoms with Crippen LogP contribution in [0.5, 0.6) is 0 Å². The van der Waals surface area contributed by atoms with Crippen LogP contribution < -0.4 is 10.9 Å². The predicted octanol–water partition coefficient (Wildman–Crippen LogP) is 1.59. The molecule has 2 rings (SSSR count). The van der Waals surface area contributed by atoms with Crippen molar-refractivity contribution in [3.05, 3.63) is 27.4 Å². The topological polar surface area (TPSA) is 78.0 Å². The van der Waals surface area contributed by atoms with Crippen LogP contribution in [0.3, 0.4) is 0 Å². The zero-order valence-corrected chi connectivity index (χ0v) is 12.6. The van der Waals surface area contributed by atoms with Gasteiger partial charge in [-0.05, 0) is 58.9 Å². The molecule has 0 aliphatic heterocycles. The molecule has 112 valence electrons. The highest BCUT2D eigenvalue weighted by Crippen LogP contribution is 2.24. The van der Waals surface area contributed by atoms with E-state index in [0.717, 1.165) is 43.5 Å². The number of rotatable bonds is 4. The van der Waals surface area contributed by atoms with E-state index in [0.29, 0.717) is 11.7 Å². The Balaban J connectivity index is 1.95. The van der Waals surface area contributed by atoms with Crippen molar-refractivity contribution in [3.8, 4) is 0 Å². The lowest BCUT2D eigenvalue weighted by molar-refractivity contribution is 0.107. The zero-order valence-electron chi connectivity index (χ0n) is 12.6. The van der Waals surface area contributed by atoms with E-state index in [2.05, 4.69) is 15.3 Å². The smallest absolute Gasteiger partial charge is 0.255 e. The maximum Gasteiger partial charge on any atom is 0.255 e. The fourth-order valence-corrected chi connectivity index (χ4v) is 3.04. The number of hydrogen-bond donors (Lipinski definition) is 3. The van der Waals surface area contributed by atoms with Crippen LogP contribution >= 0.6 is 0 Å². The second kappa shape index (κ2) is 6.50. The first-order valence-corrected chi connectivity index (χ1v) is 7.46. The molecule has 1 aromatic rings. The molecule has 0 aromatic carbocycles. The number of aryl methyl sites for hydroxylation is 2. The van der Waals surface area contributed by atoms with Crippen LogP contribution in [0.25, 0.3) is 0 Å². The van der Waals surface area contributed by atoms with Gasteiger partial charge in [-0.3, -0.25) is 4.79 Å². The number of aliphatic hydroxyl groups is 1. The average Bonchev–Trinajstić information content (AvgIpc) is 2.37. The molecule has 0 bridgehead atoms. The minimum absolute atomic E-state index is 0.00120. The first-order valence-electron chi connectivity index (χ1n) is 7.46. The van der Waals surface area contributed by atoms with Crippen LogP contribution in [0.4, 0.5) is 0 Å². The monoisotopic (exact) mass is 279 g/mol. The molecule has 20 heavy (non-hydrogen) atoms. The largest absolute Gasteiger partial charge is 0.393 e. The van der Waals surface area contributed by atoms with E-state index in [-0.39, 0.29) is 17.7 Å². The molecule has 5 nitrogen and oxygen atoms in total. The number of aromatic amines is 1. The summed E-state index contributed by atoms with van der Waals surface area (Å²) in [5.74, 6) is 1.25. The van der Waals surface area contributed by atoms with Gasteiger partial charge in [-0.15, -0.1) is 0 Å². The number of aliphatic hydroxyl groups excluding tert-OH is 1. The number of nitrogens with zero attached hydrogens (tertiary/aromatic N) is 1. The van der Waals surface area contributed by atoms with Gasteiger partial charge in [0.25, 0.3) is 5.56 Å². The van der Waals surface area contributed by atoms with E-state index in [1.807, 2.05) is 13.8 Å². The Morgan fingerprint density at radius 3 is 2.60 bits per heavy atom. The Morgan fingerprint density at radius 1 is 1.35 bits per heavy atom. The maximum atomic E-state index is 12.0. The molecule has 1 saturated carbocycles. The summed E-state index contributed by atoms with van der Waals surface area (Å²) in [5, 5.41) is 12.9. The molecular formula is C15H25N3O2. The van der Waals surface area contributed by atoms with Crippen molar-refractivity contribution in [1.82, 2.24) is 15.3 Å². The van der Waals surface area contributed by atoms with Crippen molar-refractivity contribution >= 4 is 0 Å². The lowest BCUT2D eigenvalue weighted by Gasteiger charge is -2.27. The van der Waals surface area contributed by atoms with Gasteiger partial charge in [-0.25, -0.2) is 4.98 Å². The van der Waals surface area contributed by atoms with Crippen LogP contribution in [0.15, 0.2) is 4.79 Å². The lowest BCUT2D eigenvalue weighted by Crippen LogP contribution is -2.33. The quantitative estimate of drug-likeness (QED) is 0.782. The normalized spacial score (nSPS) is 24.6. The third-order valence-electron chi connectivity index (χ3n) is 4.23. The Labute approximate surface area is 119 Å². The lowest BCUT2D eigenvalue weighted by atomic mass is 9.87. The fraction of sp³-hybridized carbons (Fsp3) is 0.733. The Kier molecular flexibility index (Phi) is 4.94. The number of hydrogen-bond acceptors (Lipinski definition) is 4. The van der Waals surface area contributed by atoms with E-state index in [1.54, 1.807) is 6.92 Å². The van der Waals surface area contributed by atoms with Gasteiger partial charge in [0.1, 0.15) is 5.82 Å². The van der Waals surface area contributed by atoms with Crippen molar-refractivity contribution in [3.63, 3.8) is 0 Å². The summed E-state index contributed by atoms with van der Waals surface area (Å²) in [4.78, 5) is 19.1. The summed E-state index contributed by atoms with van der Waals surface area (Å²) < 4.78 is 0. The molecule has 1 atom stereocenters. The van der Waals surface area contributed by atoms with Gasteiger partial charge in [-0.2, -0.15) is 0 Å². The van der Waals surface area contributed by atoms with Gasteiger partial charge < -0.3 is 15.4 Å². The molecule has 0 spiro atoms. The van der Waals surface area contributed by atoms with Gasteiger partial charge >= 0.3 is 0 Å². The third kappa shape index (κ3) is 3.67. The van der Waals surface area contributed by atoms with E-state index in [4.69, 9.17) is 0 Å². The zero-order chi connectivity index (χ0) is 14.7. The van der Waals surface area contributed by atoms with Crippen molar-refractivity contribution in [1.29, 1.82) is 0 Å². The molecule has 0 amide bonds. The first-order chi connectivity index (χ1) is 9.47. The standard InChI is InChI=1S/C15H25N3O2/c1-9(14-10(2)17-11(3)18-15(14)20)16-8-12-4-6-13(19)7-5-12/h9,12-13,16,19H,4-8H2,1-3H3,(H,17,18,20). The summed E-state index contributed by atoms with van der Waals surface area (Å²) in [5.41, 5.74) is 1.48. The second-order valence-electron chi connectivity index (χ2n) is 5.95. The van der Waals surface area contributed by atoms with Crippen molar-refractivity contribution in [2.45, 2.75) is 58.6 Å². The van der Waals surface area contributed by atoms with E-state index in [9.17, 15) is 9.90 Å². The number of aromatic nitrogens is 2. The van der Waals surface area contributed by atoms with Gasteiger partial charge in [-0.1, -0.05) is 0 Å². The highest BCUT2D eigenvalue weighted by Gasteiger charge is 2.21. The minimum Gasteiger partial charge on any atom is -0.393 e. The molecule has 1 unspecified atom stereocenters. The maximum absolute atomic E-state index is 12.0. The molecular weight excluding hydrogens is 254 g/mol. The molecule has 5 heteroatoms. The molecule has 1 fully saturated rings. The van der Waals surface area contributed by atoms with Gasteiger partial charge in [0.15, 0.2) is 0 Å². The number of nitrogens with one attached hydrogen (secondary N) is 2. The molecule has 0 saturated heterocycles. The SMILES string of the molecule is Cc1nc(C)c(C(C)NCC2CCC(O)CC2)c(=O)[nH]1. The molecule has 1 aromatic heterocycles. The molecule has 3 N–H and O–H groups in total. The van der Waals surface area contributed by atoms with Crippen LogP contribution in [-0.2, 0) is 0 Å². The summed E-state index contributed by atoms with van der Waals surface area (Å²) in [7, 11) is 0. The Morgan fingerprint density at radius 2 is 2.00 bits per heavy atom. The summed E-state index contributed by atoms with van der Waals surface area (Å²) in [6.45, 7) is 6.57. The van der Waals surface area contributed by atoms with Crippen LogP contribution in [0.1, 0.15) is 55.7 Å². The Hall–Kier alpha value is -1.20. The summed E-state index contributed by atoms with van der Waals surface area (Å²) >= 11 is 0. The van der Waals surface area contributed by atoms with Crippen molar-refractivity contribution in [2.75, 3.05) is 6.54 Å². The second-order valence-corrected chi connectivity index (χ2v) is 5.95. The first kappa shape index (κ1) is 15.2. The van der Waals surface area contributed by atoms with E-state index < -0.39 is 0 Å². The Bertz CT molecular complexity index is 504. The van der Waals surface area contributed by atoms with Gasteiger partial charge in [0.05, 0.1) is 11.7 Å².